The summed E-state index contributed by atoms with van der Waals surface area (Å²) in [6.45, 7) is 4.76. The molecule has 1 heterocycles. The molecule has 34 heavy (non-hydrogen) atoms. The van der Waals surface area contributed by atoms with Crippen molar-refractivity contribution in [3.05, 3.63) is 101 Å². The Morgan fingerprint density at radius 1 is 0.912 bits per heavy atom. The molecule has 0 unspecified atom stereocenters. The summed E-state index contributed by atoms with van der Waals surface area (Å²) in [5.74, 6) is 1.20. The Morgan fingerprint density at radius 3 is 2.21 bits per heavy atom. The maximum Gasteiger partial charge on any atom is 0.289 e. The van der Waals surface area contributed by atoms with Crippen LogP contribution in [-0.4, -0.2) is 36.7 Å². The maximum absolute atomic E-state index is 13.3. The Kier molecular flexibility index (Phi) is 6.92. The fourth-order valence-electron chi connectivity index (χ4n) is 4.49. The minimum absolute atomic E-state index is 0.184. The Labute approximate surface area is 201 Å². The quantitative estimate of drug-likeness (QED) is 0.456. The van der Waals surface area contributed by atoms with Crippen LogP contribution in [0.2, 0.25) is 0 Å². The van der Waals surface area contributed by atoms with Crippen molar-refractivity contribution < 1.29 is 19.4 Å². The second kappa shape index (κ2) is 10.0. The molecule has 0 bridgehead atoms. The molecule has 0 saturated carbocycles. The van der Waals surface area contributed by atoms with Gasteiger partial charge in [-0.25, -0.2) is 0 Å². The number of carbonyl (C=O) groups excluding carboxylic acids is 1. The van der Waals surface area contributed by atoms with Gasteiger partial charge in [-0.15, -0.1) is 0 Å². The van der Waals surface area contributed by atoms with E-state index in [1.165, 1.54) is 5.56 Å². The third-order valence-corrected chi connectivity index (χ3v) is 6.40. The van der Waals surface area contributed by atoms with Gasteiger partial charge in [-0.3, -0.25) is 4.79 Å². The largest absolute Gasteiger partial charge is 0.503 e. The molecule has 3 aromatic carbocycles. The van der Waals surface area contributed by atoms with Crippen molar-refractivity contribution in [2.45, 2.75) is 32.2 Å². The van der Waals surface area contributed by atoms with Crippen molar-refractivity contribution in [1.29, 1.82) is 0 Å². The minimum atomic E-state index is -0.365. The van der Waals surface area contributed by atoms with E-state index in [0.29, 0.717) is 36.0 Å². The van der Waals surface area contributed by atoms with Crippen molar-refractivity contribution in [3.8, 4) is 11.5 Å². The smallest absolute Gasteiger partial charge is 0.289 e. The second-order valence-electron chi connectivity index (χ2n) is 8.79. The standard InChI is InChI=1S/C29H31NO4/c1-19(2)21-11-13-23(14-12-21)27-26(22-8-6-5-7-9-22)28(31)29(32)30(27)17-16-20-10-15-24(33-3)25(18-20)34-4/h5-15,18-19,27,31H,16-17H2,1-4H3/t27-/m1/s1. The second-order valence-corrected chi connectivity index (χ2v) is 8.79. The van der Waals surface area contributed by atoms with Gasteiger partial charge in [0.1, 0.15) is 0 Å². The highest BCUT2D eigenvalue weighted by Crippen LogP contribution is 2.43. The molecule has 1 amide bonds. The summed E-state index contributed by atoms with van der Waals surface area (Å²) in [7, 11) is 3.21. The third kappa shape index (κ3) is 4.51. The van der Waals surface area contributed by atoms with Gasteiger partial charge in [-0.2, -0.15) is 0 Å². The number of aliphatic hydroxyl groups excluding tert-OH is 1. The minimum Gasteiger partial charge on any atom is -0.503 e. The number of methoxy groups -OCH3 is 2. The SMILES string of the molecule is COc1ccc(CCN2C(=O)C(O)=C(c3ccccc3)[C@H]2c2ccc(C(C)C)cc2)cc1OC. The van der Waals surface area contributed by atoms with Crippen LogP contribution in [0.4, 0.5) is 0 Å². The molecule has 3 aromatic rings. The Bertz CT molecular complexity index is 1180. The lowest BCUT2D eigenvalue weighted by Crippen LogP contribution is -2.32. The van der Waals surface area contributed by atoms with Gasteiger partial charge in [0, 0.05) is 12.1 Å². The molecule has 1 aliphatic heterocycles. The van der Waals surface area contributed by atoms with Crippen LogP contribution in [0.1, 0.15) is 48.1 Å². The van der Waals surface area contributed by atoms with E-state index in [4.69, 9.17) is 9.47 Å². The molecule has 1 atom stereocenters. The van der Waals surface area contributed by atoms with Crippen LogP contribution in [0.15, 0.2) is 78.6 Å². The fraction of sp³-hybridized carbons (Fsp3) is 0.276. The number of nitrogens with zero attached hydrogens (tertiary/aromatic N) is 1. The van der Waals surface area contributed by atoms with E-state index in [1.54, 1.807) is 19.1 Å². The summed E-state index contributed by atoms with van der Waals surface area (Å²) < 4.78 is 10.8. The highest BCUT2D eigenvalue weighted by molar-refractivity contribution is 6.05. The van der Waals surface area contributed by atoms with E-state index in [0.717, 1.165) is 16.7 Å². The first-order valence-electron chi connectivity index (χ1n) is 11.5. The van der Waals surface area contributed by atoms with Gasteiger partial charge < -0.3 is 19.5 Å². The van der Waals surface area contributed by atoms with Crippen LogP contribution in [0.25, 0.3) is 5.57 Å². The molecule has 0 saturated heterocycles. The third-order valence-electron chi connectivity index (χ3n) is 6.40. The van der Waals surface area contributed by atoms with E-state index in [2.05, 4.69) is 38.1 Å². The lowest BCUT2D eigenvalue weighted by molar-refractivity contribution is -0.129. The molecule has 5 heteroatoms. The predicted octanol–water partition coefficient (Wildman–Crippen LogP) is 5.92. The number of hydrogen-bond donors (Lipinski definition) is 1. The molecule has 0 fully saturated rings. The summed E-state index contributed by atoms with van der Waals surface area (Å²) in [5, 5.41) is 11.0. The van der Waals surface area contributed by atoms with E-state index in [9.17, 15) is 9.90 Å². The van der Waals surface area contributed by atoms with Crippen molar-refractivity contribution in [2.24, 2.45) is 0 Å². The number of hydrogen-bond acceptors (Lipinski definition) is 4. The molecular weight excluding hydrogens is 426 g/mol. The van der Waals surface area contributed by atoms with Crippen LogP contribution in [0, 0.1) is 0 Å². The van der Waals surface area contributed by atoms with E-state index in [1.807, 2.05) is 48.5 Å². The Hall–Kier alpha value is -3.73. The Morgan fingerprint density at radius 2 is 1.59 bits per heavy atom. The number of benzene rings is 3. The zero-order chi connectivity index (χ0) is 24.2. The molecule has 176 valence electrons. The van der Waals surface area contributed by atoms with Crippen molar-refractivity contribution in [3.63, 3.8) is 0 Å². The summed E-state index contributed by atoms with van der Waals surface area (Å²) >= 11 is 0. The van der Waals surface area contributed by atoms with Gasteiger partial charge in [-0.05, 0) is 46.7 Å². The predicted molar refractivity (Wildman–Crippen MR) is 134 cm³/mol. The number of carbonyl (C=O) groups is 1. The lowest BCUT2D eigenvalue weighted by atomic mass is 9.91. The molecule has 1 aliphatic rings. The van der Waals surface area contributed by atoms with Gasteiger partial charge >= 0.3 is 0 Å². The zero-order valence-corrected chi connectivity index (χ0v) is 20.1. The number of aliphatic hydroxyl groups is 1. The molecular formula is C29H31NO4. The first-order valence-corrected chi connectivity index (χ1v) is 11.5. The maximum atomic E-state index is 13.3. The molecule has 0 spiro atoms. The first kappa shape index (κ1) is 23.4. The average Bonchev–Trinajstić information content (AvgIpc) is 3.12. The van der Waals surface area contributed by atoms with E-state index >= 15 is 0 Å². The molecule has 0 aliphatic carbocycles. The van der Waals surface area contributed by atoms with Crippen LogP contribution in [-0.2, 0) is 11.2 Å². The van der Waals surface area contributed by atoms with Gasteiger partial charge in [0.25, 0.3) is 5.91 Å². The number of ether oxygens (including phenoxy) is 2. The van der Waals surface area contributed by atoms with Gasteiger partial charge in [-0.1, -0.05) is 74.5 Å². The average molecular weight is 458 g/mol. The van der Waals surface area contributed by atoms with Crippen molar-refractivity contribution >= 4 is 11.5 Å². The molecule has 1 N–H and O–H groups in total. The Balaban J connectivity index is 1.68. The fourth-order valence-corrected chi connectivity index (χ4v) is 4.49. The molecule has 0 aromatic heterocycles. The summed E-state index contributed by atoms with van der Waals surface area (Å²) in [6.07, 6.45) is 0.613. The molecule has 5 nitrogen and oxygen atoms in total. The van der Waals surface area contributed by atoms with Crippen molar-refractivity contribution in [1.82, 2.24) is 4.90 Å². The van der Waals surface area contributed by atoms with Gasteiger partial charge in [0.2, 0.25) is 0 Å². The molecule has 4 rings (SSSR count). The summed E-state index contributed by atoms with van der Waals surface area (Å²) in [6, 6.07) is 23.4. The van der Waals surface area contributed by atoms with Crippen LogP contribution in [0.5, 0.6) is 11.5 Å². The monoisotopic (exact) mass is 457 g/mol. The van der Waals surface area contributed by atoms with E-state index < -0.39 is 0 Å². The summed E-state index contributed by atoms with van der Waals surface area (Å²) in [4.78, 5) is 15.0. The highest BCUT2D eigenvalue weighted by Gasteiger charge is 2.40. The van der Waals surface area contributed by atoms with Crippen LogP contribution < -0.4 is 9.47 Å². The van der Waals surface area contributed by atoms with Crippen LogP contribution in [0.3, 0.4) is 0 Å². The molecule has 0 radical (unpaired) electrons. The highest BCUT2D eigenvalue weighted by atomic mass is 16.5. The van der Waals surface area contributed by atoms with Crippen molar-refractivity contribution in [2.75, 3.05) is 20.8 Å². The number of rotatable bonds is 8. The van der Waals surface area contributed by atoms with Crippen LogP contribution >= 0.6 is 0 Å². The number of amides is 1. The zero-order valence-electron chi connectivity index (χ0n) is 20.1. The first-order chi connectivity index (χ1) is 16.4. The topological polar surface area (TPSA) is 59.0 Å². The lowest BCUT2D eigenvalue weighted by Gasteiger charge is -2.28. The van der Waals surface area contributed by atoms with E-state index in [-0.39, 0.29) is 17.7 Å². The normalized spacial score (nSPS) is 15.9. The van der Waals surface area contributed by atoms with Gasteiger partial charge in [0.15, 0.2) is 17.3 Å². The van der Waals surface area contributed by atoms with Gasteiger partial charge in [0.05, 0.1) is 20.3 Å². The summed E-state index contributed by atoms with van der Waals surface area (Å²) in [5.41, 5.74) is 4.73.